The molecule has 3 nitrogen and oxygen atoms in total. The van der Waals surface area contributed by atoms with Gasteiger partial charge in [-0.3, -0.25) is 0 Å². The summed E-state index contributed by atoms with van der Waals surface area (Å²) in [6.07, 6.45) is 5.02. The average Bonchev–Trinajstić information content (AvgIpc) is 2.34. The van der Waals surface area contributed by atoms with Crippen LogP contribution in [0.15, 0.2) is 29.7 Å². The number of hydrogen-bond donors (Lipinski definition) is 0. The van der Waals surface area contributed by atoms with Gasteiger partial charge in [0.1, 0.15) is 10.7 Å². The zero-order chi connectivity index (χ0) is 15.2. The van der Waals surface area contributed by atoms with Gasteiger partial charge in [0, 0.05) is 16.7 Å². The Hall–Kier alpha value is -1.14. The number of ether oxygens (including phenoxy) is 1. The van der Waals surface area contributed by atoms with Crippen LogP contribution in [0.2, 0.25) is 0 Å². The molecule has 0 aliphatic rings. The standard InChI is InChI=1S/C13H15ClF2O3S/c1-2-3-4-5-6-7-19-13-11(16)8-10(15)9-12(13)20(14,17)18/h2,8-9H,1,3-7H2. The monoisotopic (exact) mass is 324 g/mol. The van der Waals surface area contributed by atoms with Crippen LogP contribution >= 0.6 is 10.7 Å². The highest BCUT2D eigenvalue weighted by molar-refractivity contribution is 8.13. The van der Waals surface area contributed by atoms with Crippen molar-refractivity contribution < 1.29 is 21.9 Å². The number of benzene rings is 1. The molecule has 20 heavy (non-hydrogen) atoms. The van der Waals surface area contributed by atoms with Crippen molar-refractivity contribution in [2.45, 2.75) is 30.6 Å². The minimum atomic E-state index is -4.28. The van der Waals surface area contributed by atoms with E-state index in [9.17, 15) is 17.2 Å². The van der Waals surface area contributed by atoms with E-state index in [1.807, 2.05) is 0 Å². The van der Waals surface area contributed by atoms with Crippen LogP contribution in [0.25, 0.3) is 0 Å². The van der Waals surface area contributed by atoms with Crippen molar-refractivity contribution in [2.75, 3.05) is 6.61 Å². The second kappa shape index (κ2) is 7.59. The predicted molar refractivity (Wildman–Crippen MR) is 73.6 cm³/mol. The molecule has 0 aliphatic heterocycles. The number of hydrogen-bond acceptors (Lipinski definition) is 3. The van der Waals surface area contributed by atoms with Crippen molar-refractivity contribution in [1.29, 1.82) is 0 Å². The summed E-state index contributed by atoms with van der Waals surface area (Å²) in [6, 6.07) is 1.19. The molecule has 7 heteroatoms. The summed E-state index contributed by atoms with van der Waals surface area (Å²) in [5, 5.41) is 0. The SMILES string of the molecule is C=CCCCCCOc1c(F)cc(F)cc1S(=O)(=O)Cl. The summed E-state index contributed by atoms with van der Waals surface area (Å²) in [7, 11) is 0.861. The quantitative estimate of drug-likeness (QED) is 0.412. The molecule has 0 unspecified atom stereocenters. The molecule has 112 valence electrons. The van der Waals surface area contributed by atoms with Gasteiger partial charge >= 0.3 is 0 Å². The zero-order valence-corrected chi connectivity index (χ0v) is 12.3. The predicted octanol–water partition coefficient (Wildman–Crippen LogP) is 4.02. The highest BCUT2D eigenvalue weighted by Gasteiger charge is 2.22. The van der Waals surface area contributed by atoms with Crippen LogP contribution < -0.4 is 4.74 Å². The Morgan fingerprint density at radius 1 is 1.25 bits per heavy atom. The lowest BCUT2D eigenvalue weighted by Gasteiger charge is -2.10. The Morgan fingerprint density at radius 2 is 1.95 bits per heavy atom. The first-order chi connectivity index (χ1) is 9.36. The molecule has 0 radical (unpaired) electrons. The molecule has 1 aromatic rings. The Morgan fingerprint density at radius 3 is 2.55 bits per heavy atom. The summed E-state index contributed by atoms with van der Waals surface area (Å²) in [6.45, 7) is 3.71. The van der Waals surface area contributed by atoms with Crippen molar-refractivity contribution in [3.05, 3.63) is 36.4 Å². The van der Waals surface area contributed by atoms with E-state index in [0.717, 1.165) is 19.3 Å². The van der Waals surface area contributed by atoms with Crippen LogP contribution in [-0.4, -0.2) is 15.0 Å². The van der Waals surface area contributed by atoms with E-state index in [2.05, 4.69) is 6.58 Å². The van der Waals surface area contributed by atoms with E-state index in [-0.39, 0.29) is 6.61 Å². The van der Waals surface area contributed by atoms with Crippen LogP contribution in [0.1, 0.15) is 25.7 Å². The smallest absolute Gasteiger partial charge is 0.265 e. The molecule has 0 saturated carbocycles. The van der Waals surface area contributed by atoms with E-state index in [1.54, 1.807) is 6.08 Å². The normalized spacial score (nSPS) is 11.3. The van der Waals surface area contributed by atoms with E-state index >= 15 is 0 Å². The number of halogens is 3. The lowest BCUT2D eigenvalue weighted by molar-refractivity contribution is 0.282. The van der Waals surface area contributed by atoms with Crippen LogP contribution in [0.4, 0.5) is 8.78 Å². The minimum Gasteiger partial charge on any atom is -0.489 e. The molecule has 0 bridgehead atoms. The summed E-state index contributed by atoms with van der Waals surface area (Å²) in [4.78, 5) is -0.692. The van der Waals surface area contributed by atoms with Crippen molar-refractivity contribution >= 4 is 19.7 Å². The molecule has 0 atom stereocenters. The van der Waals surface area contributed by atoms with E-state index in [0.29, 0.717) is 18.6 Å². The molecular formula is C13H15ClF2O3S. The van der Waals surface area contributed by atoms with Gasteiger partial charge < -0.3 is 4.74 Å². The van der Waals surface area contributed by atoms with Gasteiger partial charge in [0.25, 0.3) is 9.05 Å². The highest BCUT2D eigenvalue weighted by Crippen LogP contribution is 2.31. The Bertz CT molecular complexity index is 573. The summed E-state index contributed by atoms with van der Waals surface area (Å²) in [5.41, 5.74) is 0. The zero-order valence-electron chi connectivity index (χ0n) is 10.7. The third kappa shape index (κ3) is 5.09. The summed E-state index contributed by atoms with van der Waals surface area (Å²) in [5.74, 6) is -2.65. The molecule has 0 fully saturated rings. The fourth-order valence-electron chi connectivity index (χ4n) is 1.60. The first-order valence-corrected chi connectivity index (χ1v) is 8.34. The molecule has 0 heterocycles. The van der Waals surface area contributed by atoms with Gasteiger partial charge in [-0.15, -0.1) is 6.58 Å². The number of unbranched alkanes of at least 4 members (excludes halogenated alkanes) is 3. The van der Waals surface area contributed by atoms with Crippen molar-refractivity contribution in [1.82, 2.24) is 0 Å². The first-order valence-electron chi connectivity index (χ1n) is 6.03. The van der Waals surface area contributed by atoms with E-state index < -0.39 is 31.3 Å². The number of rotatable bonds is 8. The minimum absolute atomic E-state index is 0.124. The maximum absolute atomic E-state index is 13.6. The maximum Gasteiger partial charge on any atom is 0.265 e. The van der Waals surface area contributed by atoms with Crippen molar-refractivity contribution in [2.24, 2.45) is 0 Å². The molecule has 1 rings (SSSR count). The molecule has 1 aromatic carbocycles. The fraction of sp³-hybridized carbons (Fsp3) is 0.385. The van der Waals surface area contributed by atoms with Crippen LogP contribution in [0.3, 0.4) is 0 Å². The Kier molecular flexibility index (Phi) is 6.42. The first kappa shape index (κ1) is 16.9. The largest absolute Gasteiger partial charge is 0.489 e. The van der Waals surface area contributed by atoms with Crippen LogP contribution in [0.5, 0.6) is 5.75 Å². The van der Waals surface area contributed by atoms with Gasteiger partial charge in [-0.25, -0.2) is 17.2 Å². The van der Waals surface area contributed by atoms with Gasteiger partial charge in [0.15, 0.2) is 11.6 Å². The Labute approximate surface area is 121 Å². The van der Waals surface area contributed by atoms with Gasteiger partial charge in [-0.2, -0.15) is 0 Å². The van der Waals surface area contributed by atoms with Crippen molar-refractivity contribution in [3.63, 3.8) is 0 Å². The topological polar surface area (TPSA) is 43.4 Å². The number of allylic oxidation sites excluding steroid dienone is 1. The second-order valence-corrected chi connectivity index (χ2v) is 6.67. The summed E-state index contributed by atoms with van der Waals surface area (Å²) < 4.78 is 54.3. The van der Waals surface area contributed by atoms with Gasteiger partial charge in [0.2, 0.25) is 0 Å². The third-order valence-corrected chi connectivity index (χ3v) is 3.86. The molecule has 0 aliphatic carbocycles. The average molecular weight is 325 g/mol. The molecule has 0 N–H and O–H groups in total. The molecule has 0 spiro atoms. The molecular weight excluding hydrogens is 310 g/mol. The van der Waals surface area contributed by atoms with Gasteiger partial charge in [-0.1, -0.05) is 6.08 Å². The molecule has 0 aromatic heterocycles. The molecule has 0 amide bonds. The van der Waals surface area contributed by atoms with E-state index in [4.69, 9.17) is 15.4 Å². The van der Waals surface area contributed by atoms with Crippen molar-refractivity contribution in [3.8, 4) is 5.75 Å². The lowest BCUT2D eigenvalue weighted by Crippen LogP contribution is -2.05. The lowest BCUT2D eigenvalue weighted by atomic mass is 10.2. The highest BCUT2D eigenvalue weighted by atomic mass is 35.7. The third-order valence-electron chi connectivity index (χ3n) is 2.54. The van der Waals surface area contributed by atoms with Crippen LogP contribution in [0, 0.1) is 11.6 Å². The Balaban J connectivity index is 2.76. The van der Waals surface area contributed by atoms with Gasteiger partial charge in [0.05, 0.1) is 6.61 Å². The molecule has 0 saturated heterocycles. The summed E-state index contributed by atoms with van der Waals surface area (Å²) >= 11 is 0. The van der Waals surface area contributed by atoms with Crippen LogP contribution in [-0.2, 0) is 9.05 Å². The maximum atomic E-state index is 13.6. The second-order valence-electron chi connectivity index (χ2n) is 4.14. The van der Waals surface area contributed by atoms with Gasteiger partial charge in [-0.05, 0) is 31.7 Å². The van der Waals surface area contributed by atoms with E-state index in [1.165, 1.54) is 0 Å². The fourth-order valence-corrected chi connectivity index (χ4v) is 2.57.